The van der Waals surface area contributed by atoms with Gasteiger partial charge in [0, 0.05) is 51.4 Å². The van der Waals surface area contributed by atoms with E-state index in [0.29, 0.717) is 37.6 Å². The lowest BCUT2D eigenvalue weighted by molar-refractivity contribution is -0.129. The molecule has 2 atom stereocenters. The number of nitrogens with one attached hydrogen (secondary N) is 1. The van der Waals surface area contributed by atoms with Gasteiger partial charge in [-0.15, -0.1) is 0 Å². The summed E-state index contributed by atoms with van der Waals surface area (Å²) < 4.78 is 13.3. The molecule has 0 aromatic heterocycles. The van der Waals surface area contributed by atoms with Crippen molar-refractivity contribution in [3.05, 3.63) is 166 Å². The van der Waals surface area contributed by atoms with Gasteiger partial charge in [0.05, 0.1) is 6.61 Å². The van der Waals surface area contributed by atoms with Crippen LogP contribution >= 0.6 is 27.7 Å². The molecule has 1 heterocycles. The van der Waals surface area contributed by atoms with Crippen molar-refractivity contribution in [2.45, 2.75) is 40.8 Å². The number of carbonyl (C=O) groups excluding carboxylic acids is 1. The van der Waals surface area contributed by atoms with Crippen LogP contribution < -0.4 is 10.1 Å². The van der Waals surface area contributed by atoms with Crippen LogP contribution in [-0.2, 0) is 16.1 Å². The Hall–Kier alpha value is -4.63. The van der Waals surface area contributed by atoms with E-state index in [1.54, 1.807) is 11.8 Å². The minimum Gasteiger partial charge on any atom is -0.494 e. The van der Waals surface area contributed by atoms with Gasteiger partial charge in [-0.1, -0.05) is 125 Å². The normalized spacial score (nSPS) is 17.0. The summed E-state index contributed by atoms with van der Waals surface area (Å²) in [7, 11) is 0. The van der Waals surface area contributed by atoms with Crippen molar-refractivity contribution in [3.8, 4) is 5.75 Å². The Kier molecular flexibility index (Phi) is 11.6. The highest BCUT2D eigenvalue weighted by molar-refractivity contribution is 9.10. The van der Waals surface area contributed by atoms with Crippen LogP contribution in [-0.4, -0.2) is 35.7 Å². The number of amides is 1. The minimum absolute atomic E-state index is 0.0689. The maximum Gasteiger partial charge on any atom is 0.252 e. The Balaban J connectivity index is 1.36. The van der Waals surface area contributed by atoms with Crippen molar-refractivity contribution in [3.63, 3.8) is 0 Å². The molecule has 0 saturated carbocycles. The van der Waals surface area contributed by atoms with Crippen LogP contribution in [0.1, 0.15) is 41.2 Å². The highest BCUT2D eigenvalue weighted by Crippen LogP contribution is 2.45. The van der Waals surface area contributed by atoms with Gasteiger partial charge in [-0.2, -0.15) is 0 Å². The second-order valence-electron chi connectivity index (χ2n) is 11.5. The fourth-order valence-electron chi connectivity index (χ4n) is 5.61. The molecular formula is C41H37BrN2O4S. The molecule has 0 fully saturated rings. The second-order valence-corrected chi connectivity index (χ2v) is 13.5. The first-order valence-electron chi connectivity index (χ1n) is 16.2. The molecule has 2 N–H and O–H groups in total. The molecule has 248 valence electrons. The summed E-state index contributed by atoms with van der Waals surface area (Å²) >= 11 is 5.40. The lowest BCUT2D eigenvalue weighted by atomic mass is 9.84. The number of hydrogen-bond donors (Lipinski definition) is 2. The van der Waals surface area contributed by atoms with Gasteiger partial charge in [-0.25, -0.2) is 4.99 Å². The van der Waals surface area contributed by atoms with Crippen molar-refractivity contribution in [2.75, 3.05) is 13.2 Å². The Morgan fingerprint density at radius 2 is 1.59 bits per heavy atom. The first-order chi connectivity index (χ1) is 24.1. The van der Waals surface area contributed by atoms with Gasteiger partial charge in [-0.05, 0) is 59.7 Å². The molecular weight excluding hydrogens is 696 g/mol. The molecule has 5 aromatic rings. The molecule has 1 aliphatic heterocycles. The molecule has 8 heteroatoms. The van der Waals surface area contributed by atoms with Crippen LogP contribution in [0.4, 0.5) is 0 Å². The lowest BCUT2D eigenvalue weighted by Gasteiger charge is -2.30. The fourth-order valence-corrected chi connectivity index (χ4v) is 7.07. The summed E-state index contributed by atoms with van der Waals surface area (Å²) in [4.78, 5) is 22.1. The van der Waals surface area contributed by atoms with Crippen LogP contribution in [0.15, 0.2) is 159 Å². The minimum atomic E-state index is -1.32. The largest absolute Gasteiger partial charge is 0.494 e. The van der Waals surface area contributed by atoms with E-state index in [9.17, 15) is 4.79 Å². The first-order valence-corrected chi connectivity index (χ1v) is 17.8. The van der Waals surface area contributed by atoms with Crippen molar-refractivity contribution >= 4 is 45.6 Å². The summed E-state index contributed by atoms with van der Waals surface area (Å²) in [6.45, 7) is 0.813. The lowest BCUT2D eigenvalue weighted by Crippen LogP contribution is -2.48. The van der Waals surface area contributed by atoms with E-state index < -0.39 is 11.6 Å². The Bertz CT molecular complexity index is 1900. The van der Waals surface area contributed by atoms with Crippen molar-refractivity contribution in [1.82, 2.24) is 5.32 Å². The number of benzene rings is 5. The number of aliphatic hydroxyl groups excluding tert-OH is 1. The predicted octanol–water partition coefficient (Wildman–Crippen LogP) is 9.04. The molecule has 0 bridgehead atoms. The third kappa shape index (κ3) is 8.51. The van der Waals surface area contributed by atoms with Gasteiger partial charge in [0.1, 0.15) is 5.75 Å². The van der Waals surface area contributed by atoms with Gasteiger partial charge in [0.15, 0.2) is 11.6 Å². The number of nitrogens with zero attached hydrogens (tertiary/aromatic N) is 1. The number of aliphatic imine (C=N–C) groups is 1. The molecule has 0 saturated heterocycles. The van der Waals surface area contributed by atoms with Crippen LogP contribution in [0.25, 0.3) is 6.08 Å². The van der Waals surface area contributed by atoms with Crippen molar-refractivity contribution in [2.24, 2.45) is 4.99 Å². The average Bonchev–Trinajstić information content (AvgIpc) is 3.53. The van der Waals surface area contributed by atoms with Crippen LogP contribution in [0.5, 0.6) is 5.75 Å². The molecule has 6 nitrogen and oxygen atoms in total. The van der Waals surface area contributed by atoms with E-state index in [2.05, 4.69) is 39.4 Å². The number of hydrogen-bond acceptors (Lipinski definition) is 6. The third-order valence-electron chi connectivity index (χ3n) is 8.14. The molecule has 1 aliphatic rings. The Labute approximate surface area is 300 Å². The van der Waals surface area contributed by atoms with Gasteiger partial charge in [0.2, 0.25) is 5.90 Å². The summed E-state index contributed by atoms with van der Waals surface area (Å²) in [5.41, 5.74) is 2.29. The molecule has 49 heavy (non-hydrogen) atoms. The summed E-state index contributed by atoms with van der Waals surface area (Å²) in [5.74, 6) is 0.829. The van der Waals surface area contributed by atoms with E-state index in [0.717, 1.165) is 36.5 Å². The molecule has 0 spiro atoms. The topological polar surface area (TPSA) is 80.2 Å². The zero-order valence-corrected chi connectivity index (χ0v) is 29.3. The van der Waals surface area contributed by atoms with Crippen LogP contribution in [0.3, 0.4) is 0 Å². The quantitative estimate of drug-likeness (QED) is 0.111. The van der Waals surface area contributed by atoms with Gasteiger partial charge >= 0.3 is 0 Å². The zero-order chi connectivity index (χ0) is 33.9. The smallest absolute Gasteiger partial charge is 0.252 e. The summed E-state index contributed by atoms with van der Waals surface area (Å²) in [6, 6.07) is 43.6. The monoisotopic (exact) mass is 732 g/mol. The van der Waals surface area contributed by atoms with E-state index in [1.807, 2.05) is 127 Å². The summed E-state index contributed by atoms with van der Waals surface area (Å²) in [6.07, 6.45) is 4.16. The van der Waals surface area contributed by atoms with Crippen LogP contribution in [0.2, 0.25) is 0 Å². The standard InChI is InChI=1S/C41H37BrN2O4S/c42-36-20-9-8-19-35(36)38-41(26-11-15-30-13-3-1-4-14-30,44-39(48-38)31-22-24-33(25-23-31)47-28-12-27-45)40(46)43-29-32-16-7-10-21-37(32)49-34-17-5-2-6-18-34/h1-11,13-25,38,45H,12,26-29H2,(H,43,46)/b15-11+/t38-,41-/m1/s1. The molecule has 1 amide bonds. The number of ether oxygens (including phenoxy) is 2. The Morgan fingerprint density at radius 3 is 2.35 bits per heavy atom. The molecule has 6 rings (SSSR count). The maximum absolute atomic E-state index is 14.7. The summed E-state index contributed by atoms with van der Waals surface area (Å²) in [5, 5.41) is 12.4. The second kappa shape index (κ2) is 16.7. The molecule has 0 aliphatic carbocycles. The highest BCUT2D eigenvalue weighted by Gasteiger charge is 2.53. The zero-order valence-electron chi connectivity index (χ0n) is 26.9. The van der Waals surface area contributed by atoms with Crippen molar-refractivity contribution in [1.29, 1.82) is 0 Å². The number of rotatable bonds is 14. The van der Waals surface area contributed by atoms with Crippen LogP contribution in [0, 0.1) is 0 Å². The molecule has 0 unspecified atom stereocenters. The van der Waals surface area contributed by atoms with Gasteiger partial charge in [0.25, 0.3) is 5.91 Å². The van der Waals surface area contributed by atoms with Gasteiger partial charge < -0.3 is 19.9 Å². The number of aliphatic hydroxyl groups is 1. The highest BCUT2D eigenvalue weighted by atomic mass is 79.9. The number of carbonyl (C=O) groups is 1. The Morgan fingerprint density at radius 1 is 0.898 bits per heavy atom. The van der Waals surface area contributed by atoms with E-state index in [4.69, 9.17) is 19.6 Å². The maximum atomic E-state index is 14.7. The average molecular weight is 734 g/mol. The van der Waals surface area contributed by atoms with Gasteiger partial charge in [-0.3, -0.25) is 4.79 Å². The first kappa shape index (κ1) is 34.2. The predicted molar refractivity (Wildman–Crippen MR) is 200 cm³/mol. The SMILES string of the molecule is O=C(NCc1ccccc1Sc1ccccc1)[C@]1(C/C=C/c2ccccc2)N=C(c2ccc(OCCCO)cc2)O[C@@H]1c1ccccc1Br. The van der Waals surface area contributed by atoms with Crippen molar-refractivity contribution < 1.29 is 19.4 Å². The molecule has 5 aromatic carbocycles. The van der Waals surface area contributed by atoms with E-state index in [-0.39, 0.29) is 12.5 Å². The van der Waals surface area contributed by atoms with E-state index in [1.165, 1.54) is 0 Å². The fraction of sp³-hybridized carbons (Fsp3) is 0.171. The van der Waals surface area contributed by atoms with E-state index >= 15 is 0 Å². The number of halogens is 1. The molecule has 0 radical (unpaired) electrons. The third-order valence-corrected chi connectivity index (χ3v) is 9.99.